The lowest BCUT2D eigenvalue weighted by atomic mass is 10.1. The standard InChI is InChI=1S/C19H24N6/c1-15-21-18(24-12-10-23(2)11-13-24)17-14-20-25(19(17)22-15)9-8-16-6-4-3-5-7-16/h3-7,14H,8-13H2,1-2H3. The Morgan fingerprint density at radius 1 is 1.00 bits per heavy atom. The summed E-state index contributed by atoms with van der Waals surface area (Å²) in [5.41, 5.74) is 2.26. The normalized spacial score (nSPS) is 15.8. The van der Waals surface area contributed by atoms with Crippen molar-refractivity contribution in [3.05, 3.63) is 47.9 Å². The SMILES string of the molecule is Cc1nc(N2CCN(C)CC2)c2cnn(CCc3ccccc3)c2n1. The van der Waals surface area contributed by atoms with E-state index < -0.39 is 0 Å². The summed E-state index contributed by atoms with van der Waals surface area (Å²) in [6.07, 6.45) is 2.87. The molecule has 130 valence electrons. The lowest BCUT2D eigenvalue weighted by Crippen LogP contribution is -2.45. The van der Waals surface area contributed by atoms with Crippen LogP contribution in [-0.4, -0.2) is 57.9 Å². The molecule has 0 radical (unpaired) electrons. The van der Waals surface area contributed by atoms with Crippen molar-refractivity contribution in [3.8, 4) is 0 Å². The van der Waals surface area contributed by atoms with Crippen molar-refractivity contribution in [2.45, 2.75) is 19.9 Å². The minimum absolute atomic E-state index is 0.808. The minimum Gasteiger partial charge on any atom is -0.353 e. The molecule has 1 aliphatic heterocycles. The molecule has 0 spiro atoms. The molecule has 0 saturated carbocycles. The minimum atomic E-state index is 0.808. The molecule has 3 heterocycles. The first-order chi connectivity index (χ1) is 12.2. The quantitative estimate of drug-likeness (QED) is 0.730. The third-order valence-electron chi connectivity index (χ3n) is 4.85. The summed E-state index contributed by atoms with van der Waals surface area (Å²) in [4.78, 5) is 14.1. The molecule has 2 aromatic heterocycles. The van der Waals surface area contributed by atoms with E-state index in [0.717, 1.165) is 61.8 Å². The first kappa shape index (κ1) is 16.0. The van der Waals surface area contributed by atoms with Crippen molar-refractivity contribution < 1.29 is 0 Å². The first-order valence-electron chi connectivity index (χ1n) is 8.88. The summed E-state index contributed by atoms with van der Waals surface area (Å²) in [5, 5.41) is 5.66. The van der Waals surface area contributed by atoms with Gasteiger partial charge in [0.1, 0.15) is 11.6 Å². The molecule has 1 aromatic carbocycles. The Labute approximate surface area is 148 Å². The van der Waals surface area contributed by atoms with E-state index in [4.69, 9.17) is 4.98 Å². The highest BCUT2D eigenvalue weighted by molar-refractivity contribution is 5.87. The number of benzene rings is 1. The molecule has 25 heavy (non-hydrogen) atoms. The Hall–Kier alpha value is -2.47. The van der Waals surface area contributed by atoms with E-state index in [1.54, 1.807) is 0 Å². The zero-order chi connectivity index (χ0) is 17.2. The first-order valence-corrected chi connectivity index (χ1v) is 8.88. The second-order valence-corrected chi connectivity index (χ2v) is 6.73. The van der Waals surface area contributed by atoms with E-state index in [2.05, 4.69) is 51.2 Å². The third-order valence-corrected chi connectivity index (χ3v) is 4.85. The van der Waals surface area contributed by atoms with E-state index in [0.29, 0.717) is 0 Å². The van der Waals surface area contributed by atoms with Crippen LogP contribution < -0.4 is 4.90 Å². The Bertz CT molecular complexity index is 849. The molecular weight excluding hydrogens is 312 g/mol. The monoisotopic (exact) mass is 336 g/mol. The van der Waals surface area contributed by atoms with Gasteiger partial charge < -0.3 is 9.80 Å². The van der Waals surface area contributed by atoms with E-state index in [-0.39, 0.29) is 0 Å². The number of likely N-dealkylation sites (N-methyl/N-ethyl adjacent to an activating group) is 1. The van der Waals surface area contributed by atoms with Crippen molar-refractivity contribution in [2.24, 2.45) is 0 Å². The zero-order valence-corrected chi connectivity index (χ0v) is 14.9. The average Bonchev–Trinajstić information content (AvgIpc) is 3.04. The summed E-state index contributed by atoms with van der Waals surface area (Å²) in [7, 11) is 2.17. The maximum Gasteiger partial charge on any atom is 0.163 e. The van der Waals surface area contributed by atoms with Crippen molar-refractivity contribution in [3.63, 3.8) is 0 Å². The predicted octanol–water partition coefficient (Wildman–Crippen LogP) is 2.13. The molecule has 0 atom stereocenters. The van der Waals surface area contributed by atoms with Crippen LogP contribution in [0.25, 0.3) is 11.0 Å². The lowest BCUT2D eigenvalue weighted by molar-refractivity contribution is 0.312. The maximum absolute atomic E-state index is 4.72. The van der Waals surface area contributed by atoms with Crippen LogP contribution >= 0.6 is 0 Å². The third kappa shape index (κ3) is 3.35. The van der Waals surface area contributed by atoms with Crippen LogP contribution in [0.4, 0.5) is 5.82 Å². The number of hydrogen-bond acceptors (Lipinski definition) is 5. The van der Waals surface area contributed by atoms with Gasteiger partial charge in [0, 0.05) is 32.7 Å². The van der Waals surface area contributed by atoms with Crippen LogP contribution in [0.3, 0.4) is 0 Å². The second-order valence-electron chi connectivity index (χ2n) is 6.73. The van der Waals surface area contributed by atoms with Crippen molar-refractivity contribution in [2.75, 3.05) is 38.1 Å². The molecule has 1 fully saturated rings. The molecule has 0 unspecified atom stereocenters. The molecule has 6 heteroatoms. The maximum atomic E-state index is 4.72. The molecule has 3 aromatic rings. The summed E-state index contributed by atoms with van der Waals surface area (Å²) in [6, 6.07) is 10.5. The number of piperazine rings is 1. The molecule has 0 aliphatic carbocycles. The lowest BCUT2D eigenvalue weighted by Gasteiger charge is -2.33. The van der Waals surface area contributed by atoms with Gasteiger partial charge in [0.05, 0.1) is 11.6 Å². The van der Waals surface area contributed by atoms with E-state index in [9.17, 15) is 0 Å². The Kier molecular flexibility index (Phi) is 4.36. The number of fused-ring (bicyclic) bond motifs is 1. The van der Waals surface area contributed by atoms with Gasteiger partial charge in [-0.1, -0.05) is 30.3 Å². The average molecular weight is 336 g/mol. The van der Waals surface area contributed by atoms with Crippen molar-refractivity contribution >= 4 is 16.9 Å². The number of rotatable bonds is 4. The van der Waals surface area contributed by atoms with E-state index >= 15 is 0 Å². The molecule has 1 aliphatic rings. The largest absolute Gasteiger partial charge is 0.353 e. The molecule has 0 N–H and O–H groups in total. The predicted molar refractivity (Wildman–Crippen MR) is 99.9 cm³/mol. The van der Waals surface area contributed by atoms with Gasteiger partial charge in [0.25, 0.3) is 0 Å². The highest BCUT2D eigenvalue weighted by Gasteiger charge is 2.20. The van der Waals surface area contributed by atoms with Crippen LogP contribution in [0, 0.1) is 6.92 Å². The van der Waals surface area contributed by atoms with Gasteiger partial charge in [0.2, 0.25) is 0 Å². The summed E-state index contributed by atoms with van der Waals surface area (Å²) < 4.78 is 2.01. The number of aromatic nitrogens is 4. The highest BCUT2D eigenvalue weighted by atomic mass is 15.3. The van der Waals surface area contributed by atoms with Gasteiger partial charge in [0.15, 0.2) is 5.65 Å². The number of anilines is 1. The Morgan fingerprint density at radius 2 is 1.76 bits per heavy atom. The van der Waals surface area contributed by atoms with Crippen LogP contribution in [-0.2, 0) is 13.0 Å². The fourth-order valence-electron chi connectivity index (χ4n) is 3.35. The second kappa shape index (κ2) is 6.80. The number of aryl methyl sites for hydroxylation is 3. The van der Waals surface area contributed by atoms with Crippen LogP contribution in [0.5, 0.6) is 0 Å². The fraction of sp³-hybridized carbons (Fsp3) is 0.421. The fourth-order valence-corrected chi connectivity index (χ4v) is 3.35. The smallest absolute Gasteiger partial charge is 0.163 e. The van der Waals surface area contributed by atoms with Crippen LogP contribution in [0.1, 0.15) is 11.4 Å². The summed E-state index contributed by atoms with van der Waals surface area (Å²) >= 11 is 0. The molecule has 0 amide bonds. The van der Waals surface area contributed by atoms with Crippen molar-refractivity contribution in [1.82, 2.24) is 24.6 Å². The number of nitrogens with zero attached hydrogens (tertiary/aromatic N) is 6. The molecule has 1 saturated heterocycles. The van der Waals surface area contributed by atoms with Gasteiger partial charge in [-0.25, -0.2) is 14.6 Å². The van der Waals surface area contributed by atoms with Crippen molar-refractivity contribution in [1.29, 1.82) is 0 Å². The molecule has 4 rings (SSSR count). The zero-order valence-electron chi connectivity index (χ0n) is 14.9. The van der Waals surface area contributed by atoms with Crippen LogP contribution in [0.15, 0.2) is 36.5 Å². The van der Waals surface area contributed by atoms with Gasteiger partial charge in [-0.05, 0) is 26.0 Å². The molecule has 6 nitrogen and oxygen atoms in total. The Morgan fingerprint density at radius 3 is 2.52 bits per heavy atom. The van der Waals surface area contributed by atoms with Gasteiger partial charge in [-0.2, -0.15) is 5.10 Å². The van der Waals surface area contributed by atoms with Gasteiger partial charge in [-0.15, -0.1) is 0 Å². The van der Waals surface area contributed by atoms with Gasteiger partial charge in [-0.3, -0.25) is 0 Å². The molecular formula is C19H24N6. The topological polar surface area (TPSA) is 50.1 Å². The summed E-state index contributed by atoms with van der Waals surface area (Å²) in [6.45, 7) is 6.91. The van der Waals surface area contributed by atoms with Gasteiger partial charge >= 0.3 is 0 Å². The van der Waals surface area contributed by atoms with E-state index in [1.165, 1.54) is 5.56 Å². The van der Waals surface area contributed by atoms with Crippen LogP contribution in [0.2, 0.25) is 0 Å². The highest BCUT2D eigenvalue weighted by Crippen LogP contribution is 2.24. The number of hydrogen-bond donors (Lipinski definition) is 0. The van der Waals surface area contributed by atoms with E-state index in [1.807, 2.05) is 23.9 Å². The summed E-state index contributed by atoms with van der Waals surface area (Å²) in [5.74, 6) is 1.84. The molecule has 0 bridgehead atoms. The Balaban J connectivity index is 1.62.